The summed E-state index contributed by atoms with van der Waals surface area (Å²) in [6.07, 6.45) is -4.40. The molecule has 9 heteroatoms. The van der Waals surface area contributed by atoms with E-state index in [1.165, 1.54) is 12.1 Å². The molecule has 4 rings (SSSR count). The van der Waals surface area contributed by atoms with Crippen LogP contribution in [-0.4, -0.2) is 29.1 Å². The number of alkyl halides is 3. The summed E-state index contributed by atoms with van der Waals surface area (Å²) in [6.45, 7) is 3.37. The number of nitrogens with zero attached hydrogens (tertiary/aromatic N) is 2. The second-order valence-corrected chi connectivity index (χ2v) is 7.72. The van der Waals surface area contributed by atoms with E-state index in [1.54, 1.807) is 13.8 Å². The number of hydrogen-bond acceptors (Lipinski definition) is 5. The molecule has 0 radical (unpaired) electrons. The SMILES string of the molecule is C[C@]12O[C@](C)(C[C@H]1N)[C@H]1C(=O)N(c3ccc(C#N)c(C(F)(F)F)c3)C(=O)[C@H]12. The maximum Gasteiger partial charge on any atom is 0.417 e. The molecule has 27 heavy (non-hydrogen) atoms. The second kappa shape index (κ2) is 5.09. The number of nitriles is 1. The molecule has 3 aliphatic heterocycles. The summed E-state index contributed by atoms with van der Waals surface area (Å²) in [5, 5.41) is 8.92. The second-order valence-electron chi connectivity index (χ2n) is 7.72. The Bertz CT molecular complexity index is 925. The van der Waals surface area contributed by atoms with Gasteiger partial charge in [0, 0.05) is 6.04 Å². The lowest BCUT2D eigenvalue weighted by molar-refractivity contribution is -0.138. The maximum absolute atomic E-state index is 13.3. The van der Waals surface area contributed by atoms with Gasteiger partial charge in [-0.2, -0.15) is 18.4 Å². The zero-order chi connectivity index (χ0) is 19.9. The first-order chi connectivity index (χ1) is 12.4. The number of carbonyl (C=O) groups is 2. The Labute approximate surface area is 152 Å². The molecular weight excluding hydrogens is 363 g/mol. The number of benzene rings is 1. The van der Waals surface area contributed by atoms with Crippen LogP contribution in [0.25, 0.3) is 0 Å². The molecule has 3 aliphatic rings. The molecule has 5 atom stereocenters. The van der Waals surface area contributed by atoms with E-state index in [0.717, 1.165) is 11.0 Å². The highest BCUT2D eigenvalue weighted by atomic mass is 19.4. The number of hydrogen-bond donors (Lipinski definition) is 1. The predicted molar refractivity (Wildman–Crippen MR) is 86.1 cm³/mol. The van der Waals surface area contributed by atoms with Gasteiger partial charge >= 0.3 is 6.18 Å². The Kier molecular flexibility index (Phi) is 3.38. The van der Waals surface area contributed by atoms with E-state index in [-0.39, 0.29) is 5.69 Å². The highest BCUT2D eigenvalue weighted by Crippen LogP contribution is 2.60. The fraction of sp³-hybridized carbons (Fsp3) is 0.500. The number of rotatable bonds is 1. The molecule has 1 aromatic carbocycles. The zero-order valence-electron chi connectivity index (χ0n) is 14.5. The molecule has 0 spiro atoms. The summed E-state index contributed by atoms with van der Waals surface area (Å²) in [5.74, 6) is -2.85. The van der Waals surface area contributed by atoms with Crippen LogP contribution in [0.3, 0.4) is 0 Å². The molecule has 3 heterocycles. The van der Waals surface area contributed by atoms with Crippen LogP contribution in [0.5, 0.6) is 0 Å². The summed E-state index contributed by atoms with van der Waals surface area (Å²) in [5.41, 5.74) is 2.18. The van der Waals surface area contributed by atoms with Gasteiger partial charge < -0.3 is 10.5 Å². The van der Waals surface area contributed by atoms with E-state index in [9.17, 15) is 22.8 Å². The van der Waals surface area contributed by atoms with Crippen molar-refractivity contribution in [3.05, 3.63) is 29.3 Å². The number of imide groups is 1. The summed E-state index contributed by atoms with van der Waals surface area (Å²) in [6, 6.07) is 3.84. The number of fused-ring (bicyclic) bond motifs is 5. The Hall–Kier alpha value is -2.44. The van der Waals surface area contributed by atoms with Crippen LogP contribution < -0.4 is 10.6 Å². The van der Waals surface area contributed by atoms with Crippen LogP contribution in [-0.2, 0) is 20.5 Å². The van der Waals surface area contributed by atoms with E-state index in [4.69, 9.17) is 15.7 Å². The molecule has 2 amide bonds. The van der Waals surface area contributed by atoms with Gasteiger partial charge in [0.15, 0.2) is 0 Å². The summed E-state index contributed by atoms with van der Waals surface area (Å²) in [7, 11) is 0. The van der Waals surface area contributed by atoms with Gasteiger partial charge in [0.1, 0.15) is 0 Å². The average molecular weight is 379 g/mol. The molecule has 2 bridgehead atoms. The molecule has 0 aliphatic carbocycles. The number of nitrogens with two attached hydrogens (primary N) is 1. The number of amides is 2. The minimum absolute atomic E-state index is 0.203. The highest BCUT2D eigenvalue weighted by molar-refractivity contribution is 6.23. The van der Waals surface area contributed by atoms with Crippen molar-refractivity contribution < 1.29 is 27.5 Å². The molecule has 0 saturated carbocycles. The molecule has 6 nitrogen and oxygen atoms in total. The molecule has 142 valence electrons. The van der Waals surface area contributed by atoms with Crippen LogP contribution in [0, 0.1) is 23.2 Å². The maximum atomic E-state index is 13.3. The van der Waals surface area contributed by atoms with Crippen molar-refractivity contribution in [2.75, 3.05) is 4.90 Å². The Morgan fingerprint density at radius 3 is 2.48 bits per heavy atom. The number of ether oxygens (including phenoxy) is 1. The van der Waals surface area contributed by atoms with Gasteiger partial charge in [0.05, 0.1) is 45.9 Å². The molecule has 2 N–H and O–H groups in total. The topological polar surface area (TPSA) is 96.4 Å². The van der Waals surface area contributed by atoms with Crippen molar-refractivity contribution in [1.29, 1.82) is 5.26 Å². The molecule has 3 saturated heterocycles. The molecular formula is C18H16F3N3O3. The van der Waals surface area contributed by atoms with Crippen molar-refractivity contribution >= 4 is 17.5 Å². The lowest BCUT2D eigenvalue weighted by atomic mass is 9.67. The van der Waals surface area contributed by atoms with E-state index in [0.29, 0.717) is 12.5 Å². The Morgan fingerprint density at radius 1 is 1.26 bits per heavy atom. The number of anilines is 1. The van der Waals surface area contributed by atoms with Crippen molar-refractivity contribution in [3.8, 4) is 6.07 Å². The van der Waals surface area contributed by atoms with Crippen LogP contribution in [0.2, 0.25) is 0 Å². The first-order valence-electron chi connectivity index (χ1n) is 8.39. The van der Waals surface area contributed by atoms with E-state index >= 15 is 0 Å². The van der Waals surface area contributed by atoms with Crippen molar-refractivity contribution in [2.45, 2.75) is 43.7 Å². The first-order valence-corrected chi connectivity index (χ1v) is 8.39. The fourth-order valence-electron chi connectivity index (χ4n) is 4.86. The predicted octanol–water partition coefficient (Wildman–Crippen LogP) is 1.96. The van der Waals surface area contributed by atoms with Crippen LogP contribution >= 0.6 is 0 Å². The number of carbonyl (C=O) groups excluding carboxylic acids is 2. The summed E-state index contributed by atoms with van der Waals surface area (Å²) in [4.78, 5) is 26.8. The molecule has 0 unspecified atom stereocenters. The number of halogens is 3. The molecule has 3 fully saturated rings. The minimum Gasteiger partial charge on any atom is -0.366 e. The van der Waals surface area contributed by atoms with Gasteiger partial charge in [-0.15, -0.1) is 0 Å². The summed E-state index contributed by atoms with van der Waals surface area (Å²) < 4.78 is 45.7. The minimum atomic E-state index is -4.79. The monoisotopic (exact) mass is 379 g/mol. The van der Waals surface area contributed by atoms with Crippen molar-refractivity contribution in [1.82, 2.24) is 0 Å². The molecule has 0 aromatic heterocycles. The van der Waals surface area contributed by atoms with Gasteiger partial charge in [-0.1, -0.05) is 0 Å². The van der Waals surface area contributed by atoms with Crippen LogP contribution in [0.4, 0.5) is 18.9 Å². The lowest BCUT2D eigenvalue weighted by Gasteiger charge is -2.32. The van der Waals surface area contributed by atoms with Gasteiger partial charge in [-0.05, 0) is 38.5 Å². The third-order valence-corrected chi connectivity index (χ3v) is 6.08. The standard InChI is InChI=1S/C18H16F3N3O3/c1-16-6-11(23)17(2,27-16)13-12(16)14(25)24(15(13)26)9-4-3-8(7-22)10(5-9)18(19,20)21/h3-5,11-13H,6,23H2,1-2H3/t11-,12-,13+,16-,17+/m1/s1. The van der Waals surface area contributed by atoms with Gasteiger partial charge in [0.25, 0.3) is 0 Å². The third-order valence-electron chi connectivity index (χ3n) is 6.08. The van der Waals surface area contributed by atoms with Crippen LogP contribution in [0.15, 0.2) is 18.2 Å². The van der Waals surface area contributed by atoms with E-state index in [2.05, 4.69) is 0 Å². The van der Waals surface area contributed by atoms with Gasteiger partial charge in [-0.25, -0.2) is 4.90 Å². The van der Waals surface area contributed by atoms with Crippen LogP contribution in [0.1, 0.15) is 31.4 Å². The quantitative estimate of drug-likeness (QED) is 0.753. The van der Waals surface area contributed by atoms with Gasteiger partial charge in [-0.3, -0.25) is 9.59 Å². The Balaban J connectivity index is 1.81. The third kappa shape index (κ3) is 2.14. The van der Waals surface area contributed by atoms with Gasteiger partial charge in [0.2, 0.25) is 11.8 Å². The lowest BCUT2D eigenvalue weighted by Crippen LogP contribution is -2.53. The smallest absolute Gasteiger partial charge is 0.366 e. The largest absolute Gasteiger partial charge is 0.417 e. The van der Waals surface area contributed by atoms with E-state index < -0.39 is 58.2 Å². The van der Waals surface area contributed by atoms with E-state index in [1.807, 2.05) is 0 Å². The Morgan fingerprint density at radius 2 is 1.89 bits per heavy atom. The van der Waals surface area contributed by atoms with Crippen molar-refractivity contribution in [3.63, 3.8) is 0 Å². The van der Waals surface area contributed by atoms with Crippen molar-refractivity contribution in [2.24, 2.45) is 17.6 Å². The highest BCUT2D eigenvalue weighted by Gasteiger charge is 2.75. The normalized spacial score (nSPS) is 37.7. The summed E-state index contributed by atoms with van der Waals surface area (Å²) >= 11 is 0. The zero-order valence-corrected chi connectivity index (χ0v) is 14.5. The first kappa shape index (κ1) is 17.9. The fourth-order valence-corrected chi connectivity index (χ4v) is 4.86. The average Bonchev–Trinajstić information content (AvgIpc) is 3.07. The molecule has 1 aromatic rings.